The van der Waals surface area contributed by atoms with Crippen molar-refractivity contribution in [1.29, 1.82) is 0 Å². The smallest absolute Gasteiger partial charge is 0.122 e. The van der Waals surface area contributed by atoms with Crippen LogP contribution in [0, 0.1) is 12.8 Å². The van der Waals surface area contributed by atoms with Crippen LogP contribution in [0.25, 0.3) is 0 Å². The van der Waals surface area contributed by atoms with Crippen molar-refractivity contribution in [2.45, 2.75) is 26.9 Å². The molecule has 2 N–H and O–H groups in total. The Kier molecular flexibility index (Phi) is 6.47. The highest BCUT2D eigenvalue weighted by atomic mass is 35.5. The summed E-state index contributed by atoms with van der Waals surface area (Å²) in [5.41, 5.74) is 0.977. The van der Waals surface area contributed by atoms with E-state index >= 15 is 0 Å². The molecule has 0 fully saturated rings. The average Bonchev–Trinajstić information content (AvgIpc) is 2.27. The molecule has 4 heteroatoms. The lowest BCUT2D eigenvalue weighted by atomic mass is 10.2. The summed E-state index contributed by atoms with van der Waals surface area (Å²) in [6.45, 7) is 7.93. The molecule has 102 valence electrons. The standard InChI is InChI=1S/C14H22ClNO2/c1-10(2)7-16-8-13(17)9-18-14-5-4-12(15)6-11(14)3/h4-6,10,13,16-17H,7-9H2,1-3H3. The highest BCUT2D eigenvalue weighted by Crippen LogP contribution is 2.21. The van der Waals surface area contributed by atoms with Gasteiger partial charge in [-0.25, -0.2) is 0 Å². The first-order valence-corrected chi connectivity index (χ1v) is 6.64. The summed E-state index contributed by atoms with van der Waals surface area (Å²) < 4.78 is 5.56. The van der Waals surface area contributed by atoms with Crippen molar-refractivity contribution in [2.75, 3.05) is 19.7 Å². The molecule has 0 saturated carbocycles. The second-order valence-electron chi connectivity index (χ2n) is 4.93. The zero-order valence-electron chi connectivity index (χ0n) is 11.2. The lowest BCUT2D eigenvalue weighted by Gasteiger charge is -2.15. The maximum absolute atomic E-state index is 9.76. The Morgan fingerprint density at radius 2 is 2.06 bits per heavy atom. The maximum Gasteiger partial charge on any atom is 0.122 e. The first-order valence-electron chi connectivity index (χ1n) is 6.26. The van der Waals surface area contributed by atoms with Gasteiger partial charge in [0.05, 0.1) is 0 Å². The van der Waals surface area contributed by atoms with Crippen LogP contribution in [0.2, 0.25) is 5.02 Å². The van der Waals surface area contributed by atoms with Gasteiger partial charge < -0.3 is 15.2 Å². The first kappa shape index (κ1) is 15.3. The number of hydrogen-bond acceptors (Lipinski definition) is 3. The van der Waals surface area contributed by atoms with Gasteiger partial charge in [0.2, 0.25) is 0 Å². The molecule has 1 rings (SSSR count). The van der Waals surface area contributed by atoms with Crippen molar-refractivity contribution < 1.29 is 9.84 Å². The molecule has 3 nitrogen and oxygen atoms in total. The zero-order chi connectivity index (χ0) is 13.5. The van der Waals surface area contributed by atoms with Crippen molar-refractivity contribution >= 4 is 11.6 Å². The Morgan fingerprint density at radius 3 is 2.67 bits per heavy atom. The Labute approximate surface area is 114 Å². The molecule has 1 atom stereocenters. The molecule has 0 aliphatic rings. The van der Waals surface area contributed by atoms with Crippen LogP contribution < -0.4 is 10.1 Å². The Hall–Kier alpha value is -0.770. The van der Waals surface area contributed by atoms with Crippen LogP contribution >= 0.6 is 11.6 Å². The van der Waals surface area contributed by atoms with E-state index in [-0.39, 0.29) is 6.61 Å². The largest absolute Gasteiger partial charge is 0.491 e. The van der Waals surface area contributed by atoms with Gasteiger partial charge in [-0.3, -0.25) is 0 Å². The number of aliphatic hydroxyl groups excluding tert-OH is 1. The molecule has 0 aromatic heterocycles. The molecule has 0 amide bonds. The summed E-state index contributed by atoms with van der Waals surface area (Å²) in [6, 6.07) is 5.46. The molecule has 0 bridgehead atoms. The molecule has 0 heterocycles. The summed E-state index contributed by atoms with van der Waals surface area (Å²) in [4.78, 5) is 0. The third-order valence-corrected chi connectivity index (χ3v) is 2.74. The topological polar surface area (TPSA) is 41.5 Å². The van der Waals surface area contributed by atoms with Crippen molar-refractivity contribution in [3.63, 3.8) is 0 Å². The maximum atomic E-state index is 9.76. The number of hydrogen-bond donors (Lipinski definition) is 2. The van der Waals surface area contributed by atoms with Gasteiger partial charge >= 0.3 is 0 Å². The fourth-order valence-corrected chi connectivity index (χ4v) is 1.78. The quantitative estimate of drug-likeness (QED) is 0.801. The summed E-state index contributed by atoms with van der Waals surface area (Å²) in [6.07, 6.45) is -0.501. The van der Waals surface area contributed by atoms with Crippen molar-refractivity contribution in [1.82, 2.24) is 5.32 Å². The van der Waals surface area contributed by atoms with E-state index in [0.29, 0.717) is 17.5 Å². The van der Waals surface area contributed by atoms with Crippen LogP contribution in [0.5, 0.6) is 5.75 Å². The molecule has 0 radical (unpaired) electrons. The fraction of sp³-hybridized carbons (Fsp3) is 0.571. The normalized spacial score (nSPS) is 12.8. The lowest BCUT2D eigenvalue weighted by Crippen LogP contribution is -2.33. The zero-order valence-corrected chi connectivity index (χ0v) is 12.0. The van der Waals surface area contributed by atoms with E-state index in [4.69, 9.17) is 16.3 Å². The Bertz CT molecular complexity index is 369. The molecule has 0 spiro atoms. The van der Waals surface area contributed by atoms with Crippen LogP contribution in [0.3, 0.4) is 0 Å². The molecule has 0 saturated heterocycles. The summed E-state index contributed by atoms with van der Waals surface area (Å²) >= 11 is 5.86. The second-order valence-corrected chi connectivity index (χ2v) is 5.36. The summed E-state index contributed by atoms with van der Waals surface area (Å²) in [5, 5.41) is 13.6. The van der Waals surface area contributed by atoms with Gasteiger partial charge in [-0.2, -0.15) is 0 Å². The first-order chi connectivity index (χ1) is 8.49. The minimum Gasteiger partial charge on any atom is -0.491 e. The van der Waals surface area contributed by atoms with Gasteiger partial charge in [0.15, 0.2) is 0 Å². The monoisotopic (exact) mass is 271 g/mol. The number of rotatable bonds is 7. The predicted octanol–water partition coefficient (Wildman–Crippen LogP) is 2.63. The Morgan fingerprint density at radius 1 is 1.33 bits per heavy atom. The van der Waals surface area contributed by atoms with E-state index < -0.39 is 6.10 Å². The van der Waals surface area contributed by atoms with E-state index in [1.807, 2.05) is 19.1 Å². The van der Waals surface area contributed by atoms with Gasteiger partial charge in [-0.15, -0.1) is 0 Å². The average molecular weight is 272 g/mol. The lowest BCUT2D eigenvalue weighted by molar-refractivity contribution is 0.105. The van der Waals surface area contributed by atoms with Crippen LogP contribution in [0.15, 0.2) is 18.2 Å². The molecular formula is C14H22ClNO2. The molecule has 1 aromatic rings. The van der Waals surface area contributed by atoms with Crippen molar-refractivity contribution in [2.24, 2.45) is 5.92 Å². The third-order valence-electron chi connectivity index (χ3n) is 2.50. The molecule has 1 aromatic carbocycles. The fourth-order valence-electron chi connectivity index (χ4n) is 1.56. The van der Waals surface area contributed by atoms with Crippen LogP contribution in [-0.2, 0) is 0 Å². The number of nitrogens with one attached hydrogen (secondary N) is 1. The van der Waals surface area contributed by atoms with Gasteiger partial charge in [-0.05, 0) is 43.1 Å². The predicted molar refractivity (Wildman–Crippen MR) is 75.4 cm³/mol. The van der Waals surface area contributed by atoms with E-state index in [1.165, 1.54) is 0 Å². The van der Waals surface area contributed by atoms with Gasteiger partial charge in [0, 0.05) is 11.6 Å². The minimum atomic E-state index is -0.501. The van der Waals surface area contributed by atoms with Crippen molar-refractivity contribution in [3.8, 4) is 5.75 Å². The third kappa shape index (κ3) is 5.71. The number of aryl methyl sites for hydroxylation is 1. The van der Waals surface area contributed by atoms with Crippen LogP contribution in [0.1, 0.15) is 19.4 Å². The van der Waals surface area contributed by atoms with E-state index in [9.17, 15) is 5.11 Å². The number of ether oxygens (including phenoxy) is 1. The summed E-state index contributed by atoms with van der Waals surface area (Å²) in [7, 11) is 0. The number of aliphatic hydroxyl groups is 1. The van der Waals surface area contributed by atoms with E-state index in [2.05, 4.69) is 19.2 Å². The van der Waals surface area contributed by atoms with Crippen molar-refractivity contribution in [3.05, 3.63) is 28.8 Å². The highest BCUT2D eigenvalue weighted by Gasteiger charge is 2.07. The van der Waals surface area contributed by atoms with E-state index in [1.54, 1.807) is 6.07 Å². The minimum absolute atomic E-state index is 0.285. The van der Waals surface area contributed by atoms with Crippen LogP contribution in [-0.4, -0.2) is 30.9 Å². The van der Waals surface area contributed by atoms with Gasteiger partial charge in [0.1, 0.15) is 18.5 Å². The molecule has 0 aliphatic heterocycles. The number of halogens is 1. The highest BCUT2D eigenvalue weighted by molar-refractivity contribution is 6.30. The van der Waals surface area contributed by atoms with E-state index in [0.717, 1.165) is 17.9 Å². The van der Waals surface area contributed by atoms with Gasteiger partial charge in [0.25, 0.3) is 0 Å². The van der Waals surface area contributed by atoms with Crippen LogP contribution in [0.4, 0.5) is 0 Å². The number of benzene rings is 1. The SMILES string of the molecule is Cc1cc(Cl)ccc1OCC(O)CNCC(C)C. The molecular weight excluding hydrogens is 250 g/mol. The molecule has 1 unspecified atom stereocenters. The second kappa shape index (κ2) is 7.62. The Balaban J connectivity index is 2.31. The molecule has 0 aliphatic carbocycles. The molecule has 18 heavy (non-hydrogen) atoms. The summed E-state index contributed by atoms with van der Waals surface area (Å²) in [5.74, 6) is 1.35. The van der Waals surface area contributed by atoms with Gasteiger partial charge in [-0.1, -0.05) is 25.4 Å².